The third-order valence-corrected chi connectivity index (χ3v) is 3.46. The number of hydrogen-bond acceptors (Lipinski definition) is 4. The number of morpholine rings is 1. The molecule has 1 aromatic rings. The lowest BCUT2D eigenvalue weighted by atomic mass is 10.2. The van der Waals surface area contributed by atoms with Crippen LogP contribution in [0.2, 0.25) is 0 Å². The van der Waals surface area contributed by atoms with Gasteiger partial charge < -0.3 is 10.1 Å². The summed E-state index contributed by atoms with van der Waals surface area (Å²) in [6.07, 6.45) is 2.05. The fraction of sp³-hybridized carbons (Fsp3) is 0.786. The summed E-state index contributed by atoms with van der Waals surface area (Å²) in [5, 5.41) is 8.09. The summed E-state index contributed by atoms with van der Waals surface area (Å²) in [6.45, 7) is 12.3. The Kier molecular flexibility index (Phi) is 5.36. The molecule has 1 aliphatic rings. The maximum absolute atomic E-state index is 5.36. The van der Waals surface area contributed by atoms with Gasteiger partial charge >= 0.3 is 0 Å². The standard InChI is InChI=1S/C14H26N4O/c1-12(2)18-5-4-14(16-18)10-15-13(3)11-17-6-8-19-9-7-17/h4-5,12-13,15H,6-11H2,1-3H3. The van der Waals surface area contributed by atoms with E-state index in [1.54, 1.807) is 0 Å². The second-order valence-electron chi connectivity index (χ2n) is 5.58. The zero-order valence-electron chi connectivity index (χ0n) is 12.3. The average molecular weight is 266 g/mol. The molecule has 108 valence electrons. The lowest BCUT2D eigenvalue weighted by molar-refractivity contribution is 0.0343. The fourth-order valence-corrected chi connectivity index (χ4v) is 2.27. The van der Waals surface area contributed by atoms with Crippen LogP contribution in [0.5, 0.6) is 0 Å². The van der Waals surface area contributed by atoms with Gasteiger partial charge in [0.2, 0.25) is 0 Å². The van der Waals surface area contributed by atoms with Crippen molar-refractivity contribution in [3.05, 3.63) is 18.0 Å². The highest BCUT2D eigenvalue weighted by atomic mass is 16.5. The van der Waals surface area contributed by atoms with Crippen molar-refractivity contribution in [3.63, 3.8) is 0 Å². The summed E-state index contributed by atoms with van der Waals surface area (Å²) < 4.78 is 7.36. The molecule has 1 N–H and O–H groups in total. The number of nitrogens with zero attached hydrogens (tertiary/aromatic N) is 3. The average Bonchev–Trinajstić information content (AvgIpc) is 2.86. The summed E-state index contributed by atoms with van der Waals surface area (Å²) in [5.74, 6) is 0. The van der Waals surface area contributed by atoms with Gasteiger partial charge in [-0.05, 0) is 26.8 Å². The quantitative estimate of drug-likeness (QED) is 0.842. The highest BCUT2D eigenvalue weighted by Gasteiger charge is 2.13. The summed E-state index contributed by atoms with van der Waals surface area (Å²) in [5.41, 5.74) is 1.11. The molecule has 0 saturated carbocycles. The highest BCUT2D eigenvalue weighted by Crippen LogP contribution is 2.04. The summed E-state index contributed by atoms with van der Waals surface area (Å²) >= 11 is 0. The maximum atomic E-state index is 5.36. The van der Waals surface area contributed by atoms with E-state index >= 15 is 0 Å². The lowest BCUT2D eigenvalue weighted by Crippen LogP contribution is -2.44. The molecule has 0 radical (unpaired) electrons. The first kappa shape index (κ1) is 14.5. The molecule has 2 rings (SSSR count). The van der Waals surface area contributed by atoms with Gasteiger partial charge in [0, 0.05) is 44.5 Å². The molecule has 2 heterocycles. The third-order valence-electron chi connectivity index (χ3n) is 3.46. The first-order valence-corrected chi connectivity index (χ1v) is 7.22. The Balaban J connectivity index is 1.71. The molecule has 0 aromatic carbocycles. The van der Waals surface area contributed by atoms with E-state index in [-0.39, 0.29) is 0 Å². The van der Waals surface area contributed by atoms with E-state index in [9.17, 15) is 0 Å². The predicted octanol–water partition coefficient (Wildman–Crippen LogP) is 1.27. The van der Waals surface area contributed by atoms with Gasteiger partial charge in [0.1, 0.15) is 0 Å². The lowest BCUT2D eigenvalue weighted by Gasteiger charge is -2.29. The zero-order valence-corrected chi connectivity index (χ0v) is 12.3. The molecular weight excluding hydrogens is 240 g/mol. The predicted molar refractivity (Wildman–Crippen MR) is 76.2 cm³/mol. The molecule has 0 amide bonds. The molecule has 1 aliphatic heterocycles. The number of hydrogen-bond donors (Lipinski definition) is 1. The molecule has 1 aromatic heterocycles. The van der Waals surface area contributed by atoms with Crippen molar-refractivity contribution in [1.82, 2.24) is 20.0 Å². The van der Waals surface area contributed by atoms with Crippen molar-refractivity contribution in [3.8, 4) is 0 Å². The van der Waals surface area contributed by atoms with Crippen LogP contribution in [0.3, 0.4) is 0 Å². The molecule has 1 fully saturated rings. The van der Waals surface area contributed by atoms with Crippen molar-refractivity contribution in [1.29, 1.82) is 0 Å². The van der Waals surface area contributed by atoms with Crippen LogP contribution in [0, 0.1) is 0 Å². The SMILES string of the molecule is CC(CN1CCOCC1)NCc1ccn(C(C)C)n1. The Bertz CT molecular complexity index is 371. The van der Waals surface area contributed by atoms with E-state index < -0.39 is 0 Å². The fourth-order valence-electron chi connectivity index (χ4n) is 2.27. The number of aromatic nitrogens is 2. The van der Waals surface area contributed by atoms with Gasteiger partial charge in [0.15, 0.2) is 0 Å². The third kappa shape index (κ3) is 4.60. The van der Waals surface area contributed by atoms with Gasteiger partial charge in [-0.15, -0.1) is 0 Å². The van der Waals surface area contributed by atoms with Crippen LogP contribution < -0.4 is 5.32 Å². The van der Waals surface area contributed by atoms with E-state index in [4.69, 9.17) is 4.74 Å². The highest BCUT2D eigenvalue weighted by molar-refractivity contribution is 4.99. The van der Waals surface area contributed by atoms with Crippen LogP contribution in [0.15, 0.2) is 12.3 Å². The molecule has 0 spiro atoms. The number of ether oxygens (including phenoxy) is 1. The van der Waals surface area contributed by atoms with Crippen molar-refractivity contribution in [2.45, 2.75) is 39.4 Å². The van der Waals surface area contributed by atoms with Crippen molar-refractivity contribution in [2.75, 3.05) is 32.8 Å². The molecule has 1 atom stereocenters. The van der Waals surface area contributed by atoms with Gasteiger partial charge in [-0.3, -0.25) is 9.58 Å². The first-order valence-electron chi connectivity index (χ1n) is 7.22. The minimum atomic E-state index is 0.430. The van der Waals surface area contributed by atoms with Crippen LogP contribution in [0.25, 0.3) is 0 Å². The molecule has 19 heavy (non-hydrogen) atoms. The second-order valence-corrected chi connectivity index (χ2v) is 5.58. The van der Waals surface area contributed by atoms with Gasteiger partial charge in [-0.2, -0.15) is 5.10 Å². The Labute approximate surface area is 115 Å². The van der Waals surface area contributed by atoms with E-state index in [1.165, 1.54) is 0 Å². The zero-order chi connectivity index (χ0) is 13.7. The molecule has 0 aliphatic carbocycles. The molecular formula is C14H26N4O. The molecule has 1 unspecified atom stereocenters. The van der Waals surface area contributed by atoms with Gasteiger partial charge in [0.25, 0.3) is 0 Å². The van der Waals surface area contributed by atoms with Crippen molar-refractivity contribution >= 4 is 0 Å². The minimum absolute atomic E-state index is 0.430. The molecule has 5 heteroatoms. The molecule has 0 bridgehead atoms. The topological polar surface area (TPSA) is 42.3 Å². The van der Waals surface area contributed by atoms with Crippen LogP contribution >= 0.6 is 0 Å². The van der Waals surface area contributed by atoms with Gasteiger partial charge in [0.05, 0.1) is 18.9 Å². The van der Waals surface area contributed by atoms with Crippen LogP contribution in [0.1, 0.15) is 32.5 Å². The number of rotatable bonds is 6. The molecule has 1 saturated heterocycles. The Morgan fingerprint density at radius 3 is 2.68 bits per heavy atom. The maximum Gasteiger partial charge on any atom is 0.0762 e. The van der Waals surface area contributed by atoms with Gasteiger partial charge in [-0.25, -0.2) is 0 Å². The minimum Gasteiger partial charge on any atom is -0.379 e. The van der Waals surface area contributed by atoms with Crippen LogP contribution in [-0.2, 0) is 11.3 Å². The Hall–Kier alpha value is -0.910. The van der Waals surface area contributed by atoms with E-state index in [0.29, 0.717) is 12.1 Å². The first-order chi connectivity index (χ1) is 9.15. The van der Waals surface area contributed by atoms with Gasteiger partial charge in [-0.1, -0.05) is 0 Å². The van der Waals surface area contributed by atoms with Crippen molar-refractivity contribution in [2.24, 2.45) is 0 Å². The summed E-state index contributed by atoms with van der Waals surface area (Å²) in [7, 11) is 0. The van der Waals surface area contributed by atoms with Crippen LogP contribution in [-0.4, -0.2) is 53.6 Å². The van der Waals surface area contributed by atoms with E-state index in [0.717, 1.165) is 45.1 Å². The summed E-state index contributed by atoms with van der Waals surface area (Å²) in [4.78, 5) is 2.45. The van der Waals surface area contributed by atoms with Crippen molar-refractivity contribution < 1.29 is 4.74 Å². The van der Waals surface area contributed by atoms with E-state index in [1.807, 2.05) is 10.9 Å². The van der Waals surface area contributed by atoms with E-state index in [2.05, 4.69) is 42.2 Å². The second kappa shape index (κ2) is 7.03. The summed E-state index contributed by atoms with van der Waals surface area (Å²) in [6, 6.07) is 3.00. The molecule has 5 nitrogen and oxygen atoms in total. The monoisotopic (exact) mass is 266 g/mol. The van der Waals surface area contributed by atoms with Crippen LogP contribution in [0.4, 0.5) is 0 Å². The Morgan fingerprint density at radius 1 is 1.32 bits per heavy atom. The smallest absolute Gasteiger partial charge is 0.0762 e. The Morgan fingerprint density at radius 2 is 2.05 bits per heavy atom. The normalized spacial score (nSPS) is 18.9. The largest absolute Gasteiger partial charge is 0.379 e. The number of nitrogens with one attached hydrogen (secondary N) is 1.